The van der Waals surface area contributed by atoms with Crippen LogP contribution < -0.4 is 0 Å². The molecule has 0 aromatic heterocycles. The molecule has 0 fully saturated rings. The van der Waals surface area contributed by atoms with E-state index in [-0.39, 0.29) is 6.42 Å². The van der Waals surface area contributed by atoms with Crippen LogP contribution in [-0.4, -0.2) is 26.5 Å². The monoisotopic (exact) mass is 400 g/mol. The molecule has 0 aliphatic heterocycles. The van der Waals surface area contributed by atoms with E-state index < -0.39 is 50.9 Å². The number of hydrogen-bond acceptors (Lipinski definition) is 3. The molecule has 0 bridgehead atoms. The van der Waals surface area contributed by atoms with Gasteiger partial charge in [-0.15, -0.1) is 0 Å². The van der Waals surface area contributed by atoms with Crippen LogP contribution in [0, 0.1) is 29.1 Å². The van der Waals surface area contributed by atoms with Gasteiger partial charge in [0.25, 0.3) is 6.48 Å². The highest BCUT2D eigenvalue weighted by Crippen LogP contribution is 2.24. The van der Waals surface area contributed by atoms with Gasteiger partial charge >= 0.3 is 0 Å². The van der Waals surface area contributed by atoms with Gasteiger partial charge in [-0.2, -0.15) is 0 Å². The molecule has 0 aliphatic carbocycles. The van der Waals surface area contributed by atoms with E-state index in [4.69, 9.17) is 14.6 Å². The molecule has 0 atom stereocenters. The van der Waals surface area contributed by atoms with Crippen molar-refractivity contribution in [2.24, 2.45) is 0 Å². The lowest BCUT2D eigenvalue weighted by atomic mass is 10.0. The van der Waals surface area contributed by atoms with Crippen LogP contribution in [0.2, 0.25) is 6.04 Å². The van der Waals surface area contributed by atoms with Crippen molar-refractivity contribution in [3.8, 4) is 0 Å². The summed E-state index contributed by atoms with van der Waals surface area (Å²) in [4.78, 5) is 0. The van der Waals surface area contributed by atoms with E-state index in [0.717, 1.165) is 44.6 Å². The highest BCUT2D eigenvalue weighted by molar-refractivity contribution is 6.26. The van der Waals surface area contributed by atoms with E-state index in [2.05, 4.69) is 0 Å². The molecule has 3 nitrogen and oxygen atoms in total. The largest absolute Gasteiger partial charge is 0.379 e. The zero-order valence-corrected chi connectivity index (χ0v) is 16.0. The molecule has 0 aliphatic rings. The average Bonchev–Trinajstić information content (AvgIpc) is 2.61. The fourth-order valence-electron chi connectivity index (χ4n) is 2.70. The third kappa shape index (κ3) is 7.69. The van der Waals surface area contributed by atoms with Crippen LogP contribution in [0.25, 0.3) is 0 Å². The topological polar surface area (TPSA) is 49.7 Å². The van der Waals surface area contributed by atoms with Crippen LogP contribution in [0.4, 0.5) is 22.0 Å². The predicted octanol–water partition coefficient (Wildman–Crippen LogP) is 3.83. The Labute approximate surface area is 152 Å². The van der Waals surface area contributed by atoms with Gasteiger partial charge in [-0.05, 0) is 18.9 Å². The van der Waals surface area contributed by atoms with Crippen LogP contribution in [0.5, 0.6) is 0 Å². The molecule has 0 saturated carbocycles. The fourth-order valence-corrected chi connectivity index (χ4v) is 3.64. The summed E-state index contributed by atoms with van der Waals surface area (Å²) >= 11 is 0. The van der Waals surface area contributed by atoms with Crippen molar-refractivity contribution in [2.45, 2.75) is 70.3 Å². The SMILES string of the molecule is OC(O)O[SiH2]CCCCCCCCCCc1c(F)c(F)c(F)c(F)c1F. The van der Waals surface area contributed by atoms with Gasteiger partial charge in [0.15, 0.2) is 33.0 Å². The molecular formula is C17H25F5O3Si. The van der Waals surface area contributed by atoms with Crippen LogP contribution in [0.15, 0.2) is 0 Å². The molecule has 1 aromatic rings. The Hall–Kier alpha value is -1.03. The molecule has 0 radical (unpaired) electrons. The van der Waals surface area contributed by atoms with Gasteiger partial charge in [0.05, 0.1) is 0 Å². The first-order chi connectivity index (χ1) is 12.4. The number of hydrogen-bond donors (Lipinski definition) is 2. The Morgan fingerprint density at radius 1 is 0.654 bits per heavy atom. The van der Waals surface area contributed by atoms with E-state index in [1.807, 2.05) is 0 Å². The van der Waals surface area contributed by atoms with Crippen LogP contribution in [0.1, 0.15) is 56.9 Å². The Morgan fingerprint density at radius 2 is 1.08 bits per heavy atom. The zero-order valence-electron chi connectivity index (χ0n) is 14.5. The Balaban J connectivity index is 2.12. The lowest BCUT2D eigenvalue weighted by molar-refractivity contribution is -0.180. The molecule has 1 rings (SSSR count). The second-order valence-corrected chi connectivity index (χ2v) is 7.63. The van der Waals surface area contributed by atoms with E-state index in [1.54, 1.807) is 0 Å². The molecular weight excluding hydrogens is 375 g/mol. The molecule has 150 valence electrons. The van der Waals surface area contributed by atoms with Crippen molar-refractivity contribution in [3.05, 3.63) is 34.6 Å². The van der Waals surface area contributed by atoms with Crippen molar-refractivity contribution >= 4 is 9.76 Å². The minimum atomic E-state index is -2.12. The number of unbranched alkanes of at least 4 members (excludes halogenated alkanes) is 7. The van der Waals surface area contributed by atoms with Gasteiger partial charge in [-0.25, -0.2) is 22.0 Å². The highest BCUT2D eigenvalue weighted by Gasteiger charge is 2.24. The molecule has 0 saturated heterocycles. The Morgan fingerprint density at radius 3 is 1.58 bits per heavy atom. The van der Waals surface area contributed by atoms with Crippen molar-refractivity contribution in [1.29, 1.82) is 0 Å². The summed E-state index contributed by atoms with van der Waals surface area (Å²) in [6.45, 7) is -1.66. The number of aliphatic hydroxyl groups excluding tert-OH is 1. The van der Waals surface area contributed by atoms with Gasteiger partial charge in [-0.3, -0.25) is 0 Å². The first-order valence-corrected chi connectivity index (χ1v) is 10.4. The second kappa shape index (κ2) is 12.4. The van der Waals surface area contributed by atoms with Gasteiger partial charge in [0.2, 0.25) is 5.82 Å². The molecule has 0 amide bonds. The number of aliphatic hydroxyl groups is 2. The van der Waals surface area contributed by atoms with Crippen molar-refractivity contribution < 1.29 is 36.6 Å². The maximum absolute atomic E-state index is 13.5. The lowest BCUT2D eigenvalue weighted by Gasteiger charge is -2.08. The average molecular weight is 400 g/mol. The van der Waals surface area contributed by atoms with Gasteiger partial charge in [-0.1, -0.05) is 44.9 Å². The normalized spacial score (nSPS) is 12.0. The van der Waals surface area contributed by atoms with E-state index in [9.17, 15) is 22.0 Å². The van der Waals surface area contributed by atoms with Crippen LogP contribution in [0.3, 0.4) is 0 Å². The molecule has 0 heterocycles. The number of benzene rings is 1. The summed E-state index contributed by atoms with van der Waals surface area (Å²) in [5.41, 5.74) is -0.735. The predicted molar refractivity (Wildman–Crippen MR) is 89.5 cm³/mol. The van der Waals surface area contributed by atoms with E-state index in [0.29, 0.717) is 12.8 Å². The maximum Gasteiger partial charge on any atom is 0.256 e. The summed E-state index contributed by atoms with van der Waals surface area (Å²) in [7, 11) is -0.866. The molecule has 26 heavy (non-hydrogen) atoms. The Kier molecular flexibility index (Phi) is 10.9. The molecule has 0 unspecified atom stereocenters. The van der Waals surface area contributed by atoms with Crippen molar-refractivity contribution in [2.75, 3.05) is 0 Å². The number of halogens is 5. The summed E-state index contributed by atoms with van der Waals surface area (Å²) in [5, 5.41) is 17.0. The van der Waals surface area contributed by atoms with Gasteiger partial charge < -0.3 is 14.6 Å². The third-order valence-corrected chi connectivity index (χ3v) is 5.46. The van der Waals surface area contributed by atoms with Crippen LogP contribution in [-0.2, 0) is 10.8 Å². The number of rotatable bonds is 13. The molecule has 9 heteroatoms. The first kappa shape index (κ1) is 23.0. The lowest BCUT2D eigenvalue weighted by Crippen LogP contribution is -2.12. The van der Waals surface area contributed by atoms with Gasteiger partial charge in [0.1, 0.15) is 0 Å². The van der Waals surface area contributed by atoms with Crippen molar-refractivity contribution in [1.82, 2.24) is 0 Å². The summed E-state index contributed by atoms with van der Waals surface area (Å²) in [5.74, 6) is -9.36. The molecule has 1 aromatic carbocycles. The van der Waals surface area contributed by atoms with E-state index >= 15 is 0 Å². The summed E-state index contributed by atoms with van der Waals surface area (Å²) in [6.07, 6.45) is 6.69. The quantitative estimate of drug-likeness (QED) is 0.132. The van der Waals surface area contributed by atoms with Gasteiger partial charge in [0, 0.05) is 5.56 Å². The second-order valence-electron chi connectivity index (χ2n) is 6.18. The zero-order chi connectivity index (χ0) is 19.5. The summed E-state index contributed by atoms with van der Waals surface area (Å²) < 4.78 is 70.8. The maximum atomic E-state index is 13.5. The third-order valence-electron chi connectivity index (χ3n) is 4.14. The molecule has 0 spiro atoms. The smallest absolute Gasteiger partial charge is 0.256 e. The minimum absolute atomic E-state index is 0.173. The van der Waals surface area contributed by atoms with E-state index in [1.165, 1.54) is 0 Å². The highest BCUT2D eigenvalue weighted by atomic mass is 28.2. The standard InChI is InChI=1S/C17H25F5O3Si/c18-12-11(13(19)15(21)16(22)14(12)20)9-7-5-3-1-2-4-6-8-10-26-25-17(23)24/h17,23-24H,1-10,26H2. The van der Waals surface area contributed by atoms with Crippen molar-refractivity contribution in [3.63, 3.8) is 0 Å². The summed E-state index contributed by atoms with van der Waals surface area (Å²) in [6, 6.07) is 0.888. The Bertz CT molecular complexity index is 529. The minimum Gasteiger partial charge on any atom is -0.379 e. The fraction of sp³-hybridized carbons (Fsp3) is 0.647. The van der Waals surface area contributed by atoms with Crippen LogP contribution >= 0.6 is 0 Å². The first-order valence-electron chi connectivity index (χ1n) is 8.84. The molecule has 2 N–H and O–H groups in total.